The van der Waals surface area contributed by atoms with Gasteiger partial charge in [0.15, 0.2) is 0 Å². The first-order valence-corrected chi connectivity index (χ1v) is 14.3. The molecule has 12 heavy (non-hydrogen) atoms. The molecule has 66 valence electrons. The third-order valence-corrected chi connectivity index (χ3v) is 8.42. The van der Waals surface area contributed by atoms with E-state index in [-0.39, 0.29) is 0 Å². The molecule has 0 fully saturated rings. The maximum atomic E-state index is 4.29. The average Bonchev–Trinajstić information content (AvgIpc) is 1.92. The van der Waals surface area contributed by atoms with Crippen molar-refractivity contribution in [2.45, 2.75) is 28.7 Å². The Labute approximate surface area is 79.1 Å². The maximum absolute atomic E-state index is 4.29. The van der Waals surface area contributed by atoms with E-state index in [1.807, 2.05) is 6.20 Å². The van der Waals surface area contributed by atoms with E-state index in [1.165, 1.54) is 11.3 Å². The second-order valence-corrected chi connectivity index (χ2v) is 18.7. The van der Waals surface area contributed by atoms with Gasteiger partial charge in [-0.3, -0.25) is 0 Å². The van der Waals surface area contributed by atoms with Gasteiger partial charge < -0.3 is 0 Å². The van der Waals surface area contributed by atoms with E-state index in [9.17, 15) is 0 Å². The molecule has 0 amide bonds. The molecule has 0 aliphatic heterocycles. The fourth-order valence-corrected chi connectivity index (χ4v) is 6.82. The van der Waals surface area contributed by atoms with Crippen molar-refractivity contribution in [2.24, 2.45) is 0 Å². The zero-order valence-electron chi connectivity index (χ0n) is 8.60. The monoisotopic (exact) mass is 271 g/mol. The van der Waals surface area contributed by atoms with Crippen LogP contribution in [0.3, 0.4) is 0 Å². The number of pyridine rings is 1. The van der Waals surface area contributed by atoms with Crippen LogP contribution in [0, 0.1) is 13.8 Å². The molecule has 0 N–H and O–H groups in total. The number of aryl methyl sites for hydroxylation is 1. The molecular weight excluding hydrogens is 253 g/mol. The van der Waals surface area contributed by atoms with E-state index in [4.69, 9.17) is 0 Å². The van der Waals surface area contributed by atoms with Crippen molar-refractivity contribution in [3.8, 4) is 0 Å². The Hall–Kier alpha value is -0.0513. The molecule has 1 aromatic heterocycles. The van der Waals surface area contributed by atoms with Crippen LogP contribution in [-0.2, 0) is 0 Å². The quantitative estimate of drug-likeness (QED) is 0.713. The summed E-state index contributed by atoms with van der Waals surface area (Å²) in [6.45, 7) is 4.29. The van der Waals surface area contributed by atoms with Crippen molar-refractivity contribution in [2.75, 3.05) is 0 Å². The third kappa shape index (κ3) is 2.00. The zero-order valence-corrected chi connectivity index (χ0v) is 11.5. The van der Waals surface area contributed by atoms with Crippen LogP contribution in [-0.4, -0.2) is 23.4 Å². The fourth-order valence-electron chi connectivity index (χ4n) is 1.45. The van der Waals surface area contributed by atoms with Crippen LogP contribution < -0.4 is 3.58 Å². The molecule has 1 nitrogen and oxygen atoms in total. The molecule has 0 aliphatic carbocycles. The van der Waals surface area contributed by atoms with Crippen LogP contribution in [0.1, 0.15) is 11.3 Å². The molecule has 0 aromatic carbocycles. The van der Waals surface area contributed by atoms with Gasteiger partial charge in [0, 0.05) is 0 Å². The van der Waals surface area contributed by atoms with E-state index in [2.05, 4.69) is 39.7 Å². The Balaban J connectivity index is 3.26. The van der Waals surface area contributed by atoms with Crippen LogP contribution in [0.4, 0.5) is 0 Å². The summed E-state index contributed by atoms with van der Waals surface area (Å²) in [5.74, 6) is 0. The standard InChI is InChI=1S/C7H8N.3CH3.Sn/c1-6-4-3-5-8-7(6)2;;;;/h3,5H,1-2H3;3*1H3;. The second kappa shape index (κ2) is 3.36. The minimum atomic E-state index is -1.86. The number of rotatable bonds is 1. The Morgan fingerprint density at radius 2 is 1.75 bits per heavy atom. The number of hydrogen-bond donors (Lipinski definition) is 0. The van der Waals surface area contributed by atoms with Crippen LogP contribution in [0.2, 0.25) is 14.8 Å². The summed E-state index contributed by atoms with van der Waals surface area (Å²) in [5, 5.41) is 0. The molecule has 0 aliphatic rings. The van der Waals surface area contributed by atoms with Crippen LogP contribution in [0.15, 0.2) is 12.3 Å². The number of hydrogen-bond acceptors (Lipinski definition) is 1. The predicted octanol–water partition coefficient (Wildman–Crippen LogP) is 2.24. The summed E-state index contributed by atoms with van der Waals surface area (Å²) in [7, 11) is 0. The summed E-state index contributed by atoms with van der Waals surface area (Å²) < 4.78 is 1.61. The normalized spacial score (nSPS) is 11.8. The molecule has 1 aromatic rings. The van der Waals surface area contributed by atoms with E-state index in [1.54, 1.807) is 3.58 Å². The summed E-state index contributed by atoms with van der Waals surface area (Å²) in [6.07, 6.45) is 1.94. The summed E-state index contributed by atoms with van der Waals surface area (Å²) >= 11 is -1.86. The molecule has 0 atom stereocenters. The Bertz CT molecular complexity index is 286. The van der Waals surface area contributed by atoms with Gasteiger partial charge >= 0.3 is 79.1 Å². The fraction of sp³-hybridized carbons (Fsp3) is 0.500. The second-order valence-electron chi connectivity index (χ2n) is 4.32. The SMILES string of the molecule is Cc1ncc[c]([Sn]([CH3])([CH3])[CH3])c1C. The van der Waals surface area contributed by atoms with Crippen molar-refractivity contribution in [1.82, 2.24) is 4.98 Å². The molecule has 2 heteroatoms. The molecule has 0 spiro atoms. The van der Waals surface area contributed by atoms with Gasteiger partial charge in [-0.2, -0.15) is 0 Å². The van der Waals surface area contributed by atoms with Crippen LogP contribution in [0.25, 0.3) is 0 Å². The van der Waals surface area contributed by atoms with Crippen LogP contribution in [0.5, 0.6) is 0 Å². The van der Waals surface area contributed by atoms with E-state index >= 15 is 0 Å². The first kappa shape index (κ1) is 10.0. The van der Waals surface area contributed by atoms with Crippen molar-refractivity contribution in [3.05, 3.63) is 23.5 Å². The van der Waals surface area contributed by atoms with Crippen LogP contribution >= 0.6 is 0 Å². The molecule has 1 rings (SSSR count). The topological polar surface area (TPSA) is 12.9 Å². The van der Waals surface area contributed by atoms with Gasteiger partial charge in [0.05, 0.1) is 0 Å². The summed E-state index contributed by atoms with van der Waals surface area (Å²) in [4.78, 5) is 11.6. The molecule has 0 saturated carbocycles. The van der Waals surface area contributed by atoms with Gasteiger partial charge in [-0.1, -0.05) is 0 Å². The average molecular weight is 270 g/mol. The third-order valence-electron chi connectivity index (χ3n) is 2.26. The van der Waals surface area contributed by atoms with E-state index in [0.29, 0.717) is 0 Å². The summed E-state index contributed by atoms with van der Waals surface area (Å²) in [6, 6.07) is 2.21. The van der Waals surface area contributed by atoms with Gasteiger partial charge in [-0.15, -0.1) is 0 Å². The van der Waals surface area contributed by atoms with Gasteiger partial charge in [-0.05, 0) is 0 Å². The first-order valence-electron chi connectivity index (χ1n) is 4.35. The molecular formula is C10H17NSn. The predicted molar refractivity (Wildman–Crippen MR) is 56.7 cm³/mol. The van der Waals surface area contributed by atoms with Crippen molar-refractivity contribution < 1.29 is 0 Å². The molecule has 0 radical (unpaired) electrons. The first-order chi connectivity index (χ1) is 5.43. The molecule has 0 saturated heterocycles. The van der Waals surface area contributed by atoms with Gasteiger partial charge in [0.25, 0.3) is 0 Å². The number of nitrogens with zero attached hydrogens (tertiary/aromatic N) is 1. The Morgan fingerprint density at radius 1 is 1.17 bits per heavy atom. The van der Waals surface area contributed by atoms with E-state index in [0.717, 1.165) is 0 Å². The zero-order chi connectivity index (χ0) is 9.35. The van der Waals surface area contributed by atoms with Crippen molar-refractivity contribution in [3.63, 3.8) is 0 Å². The van der Waals surface area contributed by atoms with Crippen molar-refractivity contribution in [1.29, 1.82) is 0 Å². The van der Waals surface area contributed by atoms with E-state index < -0.39 is 18.4 Å². The Kier molecular flexibility index (Phi) is 2.81. The van der Waals surface area contributed by atoms with Gasteiger partial charge in [0.1, 0.15) is 0 Å². The molecule has 0 unspecified atom stereocenters. The molecule has 0 bridgehead atoms. The van der Waals surface area contributed by atoms with Crippen molar-refractivity contribution >= 4 is 22.0 Å². The Morgan fingerprint density at radius 3 is 2.17 bits per heavy atom. The minimum absolute atomic E-state index is 1.19. The number of aromatic nitrogens is 1. The molecule has 1 heterocycles. The van der Waals surface area contributed by atoms with Gasteiger partial charge in [-0.25, -0.2) is 0 Å². The summed E-state index contributed by atoms with van der Waals surface area (Å²) in [5.41, 5.74) is 2.61. The van der Waals surface area contributed by atoms with Gasteiger partial charge in [0.2, 0.25) is 0 Å².